The Labute approximate surface area is 130 Å². The molecule has 2 aromatic carbocycles. The number of hydrogen-bond acceptors (Lipinski definition) is 2. The van der Waals surface area contributed by atoms with Crippen molar-refractivity contribution in [3.05, 3.63) is 62.8 Å². The number of methoxy groups -OCH3 is 1. The van der Waals surface area contributed by atoms with Crippen molar-refractivity contribution >= 4 is 27.5 Å². The maximum atomic E-state index is 13.7. The van der Waals surface area contributed by atoms with E-state index in [4.69, 9.17) is 22.1 Å². The Morgan fingerprint density at radius 2 is 2.05 bits per heavy atom. The second-order valence-corrected chi connectivity index (χ2v) is 5.76. The van der Waals surface area contributed by atoms with Gasteiger partial charge in [-0.15, -0.1) is 0 Å². The number of nitrogens with two attached hydrogens (primary N) is 1. The molecular weight excluding hydrogens is 345 g/mol. The molecule has 0 heterocycles. The maximum Gasteiger partial charge on any atom is 0.165 e. The van der Waals surface area contributed by atoms with E-state index in [2.05, 4.69) is 15.9 Å². The Morgan fingerprint density at radius 3 is 2.65 bits per heavy atom. The van der Waals surface area contributed by atoms with Crippen molar-refractivity contribution in [1.82, 2.24) is 0 Å². The molecule has 2 N–H and O–H groups in total. The lowest BCUT2D eigenvalue weighted by atomic mass is 9.99. The molecule has 2 rings (SSSR count). The van der Waals surface area contributed by atoms with Crippen LogP contribution >= 0.6 is 27.5 Å². The van der Waals surface area contributed by atoms with Crippen LogP contribution in [0.4, 0.5) is 4.39 Å². The average Bonchev–Trinajstić information content (AvgIpc) is 2.41. The summed E-state index contributed by atoms with van der Waals surface area (Å²) in [6.07, 6.45) is 0.540. The first-order valence-corrected chi connectivity index (χ1v) is 7.21. The monoisotopic (exact) mass is 357 g/mol. The second kappa shape index (κ2) is 6.57. The molecule has 0 aliphatic rings. The summed E-state index contributed by atoms with van der Waals surface area (Å²) in [4.78, 5) is 0. The number of ether oxygens (including phenoxy) is 1. The van der Waals surface area contributed by atoms with Gasteiger partial charge in [0.1, 0.15) is 0 Å². The predicted octanol–water partition coefficient (Wildman–Crippen LogP) is 4.49. The van der Waals surface area contributed by atoms with Gasteiger partial charge in [-0.05, 0) is 41.8 Å². The Bertz CT molecular complexity index is 621. The molecule has 0 aliphatic carbocycles. The average molecular weight is 359 g/mol. The minimum Gasteiger partial charge on any atom is -0.494 e. The Hall–Kier alpha value is -1.10. The van der Waals surface area contributed by atoms with Crippen LogP contribution in [0.2, 0.25) is 5.02 Å². The molecule has 0 saturated heterocycles. The fourth-order valence-corrected chi connectivity index (χ4v) is 2.71. The standard InChI is InChI=1S/C15H14BrClFNO/c1-20-15-5-3-10(6-13(15)18)14(19)7-9-2-4-11(16)8-12(9)17/h2-6,8,14H,7,19H2,1H3. The molecular formula is C15H14BrClFNO. The van der Waals surface area contributed by atoms with E-state index in [9.17, 15) is 4.39 Å². The normalized spacial score (nSPS) is 12.2. The minimum absolute atomic E-state index is 0.211. The van der Waals surface area contributed by atoms with E-state index < -0.39 is 5.82 Å². The van der Waals surface area contributed by atoms with Gasteiger partial charge in [0.25, 0.3) is 0 Å². The zero-order chi connectivity index (χ0) is 14.7. The van der Waals surface area contributed by atoms with Crippen molar-refractivity contribution in [1.29, 1.82) is 0 Å². The third-order valence-corrected chi connectivity index (χ3v) is 3.90. The van der Waals surface area contributed by atoms with Gasteiger partial charge in [0.15, 0.2) is 11.6 Å². The number of hydrogen-bond donors (Lipinski definition) is 1. The van der Waals surface area contributed by atoms with Gasteiger partial charge in [0.05, 0.1) is 7.11 Å². The highest BCUT2D eigenvalue weighted by Gasteiger charge is 2.12. The van der Waals surface area contributed by atoms with Gasteiger partial charge in [-0.2, -0.15) is 0 Å². The van der Waals surface area contributed by atoms with Crippen molar-refractivity contribution in [3.63, 3.8) is 0 Å². The predicted molar refractivity (Wildman–Crippen MR) is 82.7 cm³/mol. The summed E-state index contributed by atoms with van der Waals surface area (Å²) in [7, 11) is 1.43. The molecule has 2 nitrogen and oxygen atoms in total. The van der Waals surface area contributed by atoms with E-state index in [0.717, 1.165) is 10.0 Å². The highest BCUT2D eigenvalue weighted by atomic mass is 79.9. The van der Waals surface area contributed by atoms with Gasteiger partial charge in [-0.25, -0.2) is 4.39 Å². The molecule has 2 aromatic rings. The second-order valence-electron chi connectivity index (χ2n) is 4.44. The van der Waals surface area contributed by atoms with E-state index in [1.165, 1.54) is 13.2 Å². The van der Waals surface area contributed by atoms with Crippen LogP contribution in [0, 0.1) is 5.82 Å². The Kier molecular flexibility index (Phi) is 5.02. The van der Waals surface area contributed by atoms with E-state index in [-0.39, 0.29) is 11.8 Å². The fraction of sp³-hybridized carbons (Fsp3) is 0.200. The fourth-order valence-electron chi connectivity index (χ4n) is 1.96. The Morgan fingerprint density at radius 1 is 1.30 bits per heavy atom. The van der Waals surface area contributed by atoms with Crippen molar-refractivity contribution in [2.75, 3.05) is 7.11 Å². The number of halogens is 3. The largest absolute Gasteiger partial charge is 0.494 e. The summed E-state index contributed by atoms with van der Waals surface area (Å²) < 4.78 is 19.5. The molecule has 106 valence electrons. The Balaban J connectivity index is 2.19. The summed E-state index contributed by atoms with van der Waals surface area (Å²) in [5.41, 5.74) is 7.76. The summed E-state index contributed by atoms with van der Waals surface area (Å²) in [6, 6.07) is 10.0. The SMILES string of the molecule is COc1ccc(C(N)Cc2ccc(Br)cc2Cl)cc1F. The minimum atomic E-state index is -0.414. The molecule has 0 aromatic heterocycles. The third kappa shape index (κ3) is 3.51. The number of rotatable bonds is 4. The van der Waals surface area contributed by atoms with E-state index in [1.807, 2.05) is 18.2 Å². The van der Waals surface area contributed by atoms with E-state index >= 15 is 0 Å². The third-order valence-electron chi connectivity index (χ3n) is 3.06. The van der Waals surface area contributed by atoms with Crippen LogP contribution in [0.25, 0.3) is 0 Å². The molecule has 0 amide bonds. The maximum absolute atomic E-state index is 13.7. The molecule has 20 heavy (non-hydrogen) atoms. The van der Waals surface area contributed by atoms with E-state index in [0.29, 0.717) is 17.0 Å². The van der Waals surface area contributed by atoms with E-state index in [1.54, 1.807) is 12.1 Å². The zero-order valence-electron chi connectivity index (χ0n) is 10.9. The lowest BCUT2D eigenvalue weighted by Gasteiger charge is -2.14. The first kappa shape index (κ1) is 15.3. The molecule has 1 atom stereocenters. The van der Waals surface area contributed by atoms with Crippen LogP contribution in [0.5, 0.6) is 5.75 Å². The highest BCUT2D eigenvalue weighted by molar-refractivity contribution is 9.10. The van der Waals surface area contributed by atoms with Gasteiger partial charge in [-0.3, -0.25) is 0 Å². The summed E-state index contributed by atoms with van der Waals surface area (Å²) in [6.45, 7) is 0. The molecule has 1 unspecified atom stereocenters. The van der Waals surface area contributed by atoms with Gasteiger partial charge < -0.3 is 10.5 Å². The van der Waals surface area contributed by atoms with Gasteiger partial charge in [0.2, 0.25) is 0 Å². The first-order valence-electron chi connectivity index (χ1n) is 6.04. The van der Waals surface area contributed by atoms with Crippen LogP contribution in [0.15, 0.2) is 40.9 Å². The molecule has 0 aliphatic heterocycles. The summed E-state index contributed by atoms with van der Waals surface area (Å²) >= 11 is 9.51. The van der Waals surface area contributed by atoms with Crippen LogP contribution < -0.4 is 10.5 Å². The van der Waals surface area contributed by atoms with Gasteiger partial charge >= 0.3 is 0 Å². The lowest BCUT2D eigenvalue weighted by molar-refractivity contribution is 0.386. The molecule has 0 saturated carbocycles. The zero-order valence-corrected chi connectivity index (χ0v) is 13.2. The van der Waals surface area contributed by atoms with Crippen LogP contribution in [-0.2, 0) is 6.42 Å². The first-order chi connectivity index (χ1) is 9.51. The van der Waals surface area contributed by atoms with Crippen molar-refractivity contribution in [3.8, 4) is 5.75 Å². The summed E-state index contributed by atoms with van der Waals surface area (Å²) in [5.74, 6) is -0.204. The van der Waals surface area contributed by atoms with Crippen LogP contribution in [0.1, 0.15) is 17.2 Å². The number of benzene rings is 2. The van der Waals surface area contributed by atoms with Gasteiger partial charge in [-0.1, -0.05) is 39.7 Å². The van der Waals surface area contributed by atoms with Crippen LogP contribution in [-0.4, -0.2) is 7.11 Å². The molecule has 0 spiro atoms. The lowest BCUT2D eigenvalue weighted by Crippen LogP contribution is -2.14. The van der Waals surface area contributed by atoms with Crippen molar-refractivity contribution < 1.29 is 9.13 Å². The molecule has 0 radical (unpaired) electrons. The molecule has 0 bridgehead atoms. The van der Waals surface area contributed by atoms with Crippen molar-refractivity contribution in [2.24, 2.45) is 5.73 Å². The quantitative estimate of drug-likeness (QED) is 0.874. The highest BCUT2D eigenvalue weighted by Crippen LogP contribution is 2.27. The molecule has 5 heteroatoms. The summed E-state index contributed by atoms with van der Waals surface area (Å²) in [5, 5.41) is 0.642. The van der Waals surface area contributed by atoms with Crippen molar-refractivity contribution in [2.45, 2.75) is 12.5 Å². The molecule has 0 fully saturated rings. The smallest absolute Gasteiger partial charge is 0.165 e. The topological polar surface area (TPSA) is 35.2 Å². The van der Waals surface area contributed by atoms with Gasteiger partial charge in [0, 0.05) is 15.5 Å². The van der Waals surface area contributed by atoms with Crippen LogP contribution in [0.3, 0.4) is 0 Å².